The largest absolute Gasteiger partial charge is 0.364 e. The molecule has 0 aliphatic carbocycles. The maximum atomic E-state index is 12.3. The molecule has 1 aliphatic rings. The van der Waals surface area contributed by atoms with Gasteiger partial charge in [0.2, 0.25) is 0 Å². The van der Waals surface area contributed by atoms with Gasteiger partial charge in [-0.05, 0) is 65.9 Å². The molecule has 1 aliphatic heterocycles. The van der Waals surface area contributed by atoms with Gasteiger partial charge in [-0.2, -0.15) is 5.10 Å². The van der Waals surface area contributed by atoms with E-state index in [1.165, 1.54) is 11.1 Å². The van der Waals surface area contributed by atoms with E-state index in [0.29, 0.717) is 5.56 Å². The van der Waals surface area contributed by atoms with E-state index >= 15 is 0 Å². The third kappa shape index (κ3) is 5.00. The zero-order valence-electron chi connectivity index (χ0n) is 19.5. The average Bonchev–Trinajstić information content (AvgIpc) is 3.24. The molecule has 3 aromatic carbocycles. The summed E-state index contributed by atoms with van der Waals surface area (Å²) in [5.41, 5.74) is 12.6. The number of aryl methyl sites for hydroxylation is 1. The molecule has 0 spiro atoms. The lowest BCUT2D eigenvalue weighted by Gasteiger charge is -2.27. The maximum absolute atomic E-state index is 12.3. The molecule has 7 heteroatoms. The molecule has 0 atom stereocenters. The number of nitrogens with two attached hydrogens (primary N) is 1. The molecule has 7 nitrogen and oxygen atoms in total. The number of amides is 2. The Morgan fingerprint density at radius 1 is 0.943 bits per heavy atom. The van der Waals surface area contributed by atoms with Crippen LogP contribution in [0, 0.1) is 6.92 Å². The highest BCUT2D eigenvalue weighted by Gasteiger charge is 2.19. The maximum Gasteiger partial charge on any atom is 0.269 e. The Hall–Kier alpha value is -4.23. The molecule has 4 aromatic rings. The summed E-state index contributed by atoms with van der Waals surface area (Å²) in [5.74, 6) is -0.560. The van der Waals surface area contributed by atoms with Crippen LogP contribution >= 0.6 is 0 Å². The first-order chi connectivity index (χ1) is 17.0. The first-order valence-corrected chi connectivity index (χ1v) is 11.6. The summed E-state index contributed by atoms with van der Waals surface area (Å²) in [6.07, 6.45) is 0.806. The van der Waals surface area contributed by atoms with E-state index < -0.39 is 5.91 Å². The van der Waals surface area contributed by atoms with Gasteiger partial charge in [-0.3, -0.25) is 9.59 Å². The van der Waals surface area contributed by atoms with Crippen LogP contribution in [0.2, 0.25) is 0 Å². The monoisotopic (exact) mass is 465 g/mol. The molecule has 0 radical (unpaired) electrons. The molecule has 0 saturated carbocycles. The second-order valence-electron chi connectivity index (χ2n) is 8.89. The summed E-state index contributed by atoms with van der Waals surface area (Å²) in [5, 5.41) is 10.5. The number of carbonyl (C=O) groups is 2. The minimum atomic E-state index is -0.532. The molecule has 1 saturated heterocycles. The molecule has 2 heterocycles. The molecule has 176 valence electrons. The first kappa shape index (κ1) is 22.6. The van der Waals surface area contributed by atoms with Crippen molar-refractivity contribution in [1.82, 2.24) is 20.4 Å². The van der Waals surface area contributed by atoms with Crippen molar-refractivity contribution < 1.29 is 9.59 Å². The van der Waals surface area contributed by atoms with Crippen LogP contribution < -0.4 is 16.4 Å². The summed E-state index contributed by atoms with van der Waals surface area (Å²) in [6.45, 7) is 3.56. The lowest BCUT2D eigenvalue weighted by atomic mass is 9.99. The number of rotatable bonds is 7. The Morgan fingerprint density at radius 3 is 2.03 bits per heavy atom. The molecule has 35 heavy (non-hydrogen) atoms. The van der Waals surface area contributed by atoms with Crippen molar-refractivity contribution in [2.75, 3.05) is 13.1 Å². The standard InChI is InChI=1S/C28H27N5O2/c1-18-14-26(27(29)34)32-33(18)25-12-4-20(5-13-25)15-19-2-6-21(7-3-19)22-8-10-23(11-9-22)28(35)31-24-16-30-17-24/h2-14,24,30H,15-17H2,1H3,(H2,29,34)(H,31,35). The Morgan fingerprint density at radius 2 is 1.51 bits per heavy atom. The highest BCUT2D eigenvalue weighted by Crippen LogP contribution is 2.22. The number of nitrogens with one attached hydrogen (secondary N) is 2. The van der Waals surface area contributed by atoms with Crippen LogP contribution in [0.3, 0.4) is 0 Å². The van der Waals surface area contributed by atoms with Crippen LogP contribution in [0.1, 0.15) is 37.7 Å². The highest BCUT2D eigenvalue weighted by atomic mass is 16.2. The van der Waals surface area contributed by atoms with Crippen LogP contribution in [0.25, 0.3) is 16.8 Å². The van der Waals surface area contributed by atoms with E-state index in [4.69, 9.17) is 5.73 Å². The lowest BCUT2D eigenvalue weighted by molar-refractivity contribution is 0.0923. The van der Waals surface area contributed by atoms with Gasteiger partial charge in [-0.1, -0.05) is 48.5 Å². The molecule has 4 N–H and O–H groups in total. The minimum Gasteiger partial charge on any atom is -0.364 e. The number of hydrogen-bond acceptors (Lipinski definition) is 4. The molecule has 1 aromatic heterocycles. The highest BCUT2D eigenvalue weighted by molar-refractivity contribution is 5.95. The normalized spacial score (nSPS) is 13.3. The van der Waals surface area contributed by atoms with Crippen molar-refractivity contribution in [1.29, 1.82) is 0 Å². The molecular weight excluding hydrogens is 438 g/mol. The van der Waals surface area contributed by atoms with Gasteiger partial charge in [0.25, 0.3) is 11.8 Å². The van der Waals surface area contributed by atoms with Crippen LogP contribution in [-0.4, -0.2) is 40.7 Å². The fourth-order valence-electron chi connectivity index (χ4n) is 4.14. The summed E-state index contributed by atoms with van der Waals surface area (Å²) in [4.78, 5) is 23.7. The molecule has 1 fully saturated rings. The van der Waals surface area contributed by atoms with E-state index in [1.807, 2.05) is 43.3 Å². The average molecular weight is 466 g/mol. The first-order valence-electron chi connectivity index (χ1n) is 11.6. The van der Waals surface area contributed by atoms with Crippen molar-refractivity contribution in [2.45, 2.75) is 19.4 Å². The van der Waals surface area contributed by atoms with E-state index in [9.17, 15) is 9.59 Å². The van der Waals surface area contributed by atoms with Crippen LogP contribution in [-0.2, 0) is 6.42 Å². The fourth-order valence-corrected chi connectivity index (χ4v) is 4.14. The third-order valence-electron chi connectivity index (χ3n) is 6.28. The topological polar surface area (TPSA) is 102 Å². The van der Waals surface area contributed by atoms with Gasteiger partial charge in [0.15, 0.2) is 5.69 Å². The van der Waals surface area contributed by atoms with E-state index in [1.54, 1.807) is 10.7 Å². The predicted octanol–water partition coefficient (Wildman–Crippen LogP) is 3.24. The van der Waals surface area contributed by atoms with Crippen molar-refractivity contribution in [3.63, 3.8) is 0 Å². The van der Waals surface area contributed by atoms with E-state index in [0.717, 1.165) is 42.0 Å². The Bertz CT molecular complexity index is 1350. The number of aromatic nitrogens is 2. The van der Waals surface area contributed by atoms with Crippen molar-refractivity contribution >= 4 is 11.8 Å². The second kappa shape index (κ2) is 9.56. The quantitative estimate of drug-likeness (QED) is 0.390. The van der Waals surface area contributed by atoms with Crippen LogP contribution in [0.4, 0.5) is 0 Å². The summed E-state index contributed by atoms with van der Waals surface area (Å²) >= 11 is 0. The Balaban J connectivity index is 1.23. The molecule has 0 bridgehead atoms. The van der Waals surface area contributed by atoms with Gasteiger partial charge in [0, 0.05) is 24.3 Å². The molecule has 0 unspecified atom stereocenters. The van der Waals surface area contributed by atoms with E-state index in [-0.39, 0.29) is 17.6 Å². The molecular formula is C28H27N5O2. The zero-order chi connectivity index (χ0) is 24.4. The third-order valence-corrected chi connectivity index (χ3v) is 6.28. The van der Waals surface area contributed by atoms with Crippen molar-refractivity contribution in [3.8, 4) is 16.8 Å². The predicted molar refractivity (Wildman–Crippen MR) is 136 cm³/mol. The fraction of sp³-hybridized carbons (Fsp3) is 0.179. The van der Waals surface area contributed by atoms with Gasteiger partial charge < -0.3 is 16.4 Å². The molecule has 5 rings (SSSR count). The second-order valence-corrected chi connectivity index (χ2v) is 8.89. The van der Waals surface area contributed by atoms with Gasteiger partial charge in [-0.15, -0.1) is 0 Å². The Labute approximate surface area is 204 Å². The Kier molecular flexibility index (Phi) is 6.16. The number of hydrogen-bond donors (Lipinski definition) is 3. The minimum absolute atomic E-state index is 0.0274. The number of primary amides is 1. The van der Waals surface area contributed by atoms with Gasteiger partial charge >= 0.3 is 0 Å². The van der Waals surface area contributed by atoms with Crippen molar-refractivity contribution in [3.05, 3.63) is 107 Å². The number of carbonyl (C=O) groups excluding carboxylic acids is 2. The van der Waals surface area contributed by atoms with Gasteiger partial charge in [-0.25, -0.2) is 4.68 Å². The van der Waals surface area contributed by atoms with Crippen LogP contribution in [0.5, 0.6) is 0 Å². The van der Waals surface area contributed by atoms with Crippen molar-refractivity contribution in [2.24, 2.45) is 5.73 Å². The smallest absolute Gasteiger partial charge is 0.269 e. The van der Waals surface area contributed by atoms with Crippen LogP contribution in [0.15, 0.2) is 78.9 Å². The SMILES string of the molecule is Cc1cc(C(N)=O)nn1-c1ccc(Cc2ccc(-c3ccc(C(=O)NC4CNC4)cc3)cc2)cc1. The summed E-state index contributed by atoms with van der Waals surface area (Å²) in [7, 11) is 0. The number of nitrogens with zero attached hydrogens (tertiary/aromatic N) is 2. The zero-order valence-corrected chi connectivity index (χ0v) is 19.5. The van der Waals surface area contributed by atoms with Gasteiger partial charge in [0.1, 0.15) is 0 Å². The summed E-state index contributed by atoms with van der Waals surface area (Å²) in [6, 6.07) is 26.2. The van der Waals surface area contributed by atoms with E-state index in [2.05, 4.69) is 52.1 Å². The summed E-state index contributed by atoms with van der Waals surface area (Å²) < 4.78 is 1.72. The van der Waals surface area contributed by atoms with Gasteiger partial charge in [0.05, 0.1) is 11.7 Å². The molecule has 2 amide bonds. The lowest BCUT2D eigenvalue weighted by Crippen LogP contribution is -2.56. The number of benzene rings is 3.